The maximum atomic E-state index is 10.8. The van der Waals surface area contributed by atoms with E-state index in [-0.39, 0.29) is 12.1 Å². The molecule has 1 amide bonds. The van der Waals surface area contributed by atoms with Crippen molar-refractivity contribution in [2.45, 2.75) is 6.23 Å². The van der Waals surface area contributed by atoms with Gasteiger partial charge in [0.15, 0.2) is 6.23 Å². The van der Waals surface area contributed by atoms with Crippen LogP contribution in [-0.2, 0) is 9.53 Å². The Labute approximate surface area is 52.9 Å². The van der Waals surface area contributed by atoms with Gasteiger partial charge < -0.3 is 9.64 Å². The third-order valence-electron chi connectivity index (χ3n) is 1.61. The van der Waals surface area contributed by atoms with Crippen molar-refractivity contribution >= 4 is 5.91 Å². The lowest BCUT2D eigenvalue weighted by Crippen LogP contribution is -2.28. The van der Waals surface area contributed by atoms with E-state index in [0.717, 1.165) is 6.54 Å². The first kappa shape index (κ1) is 4.99. The summed E-state index contributed by atoms with van der Waals surface area (Å²) >= 11 is 0. The van der Waals surface area contributed by atoms with Gasteiger partial charge in [-0.15, -0.1) is 0 Å². The highest BCUT2D eigenvalue weighted by atomic mass is 16.5. The Bertz CT molecular complexity index is 176. The number of ether oxygens (including phenoxy) is 1. The molecule has 0 aliphatic carbocycles. The second-order valence-electron chi connectivity index (χ2n) is 2.15. The van der Waals surface area contributed by atoms with E-state index >= 15 is 0 Å². The highest BCUT2D eigenvalue weighted by Gasteiger charge is 2.30. The molecule has 0 spiro atoms. The van der Waals surface area contributed by atoms with Crippen molar-refractivity contribution in [1.82, 2.24) is 4.90 Å². The van der Waals surface area contributed by atoms with Crippen LogP contribution in [0.5, 0.6) is 0 Å². The third-order valence-corrected chi connectivity index (χ3v) is 1.61. The van der Waals surface area contributed by atoms with Crippen molar-refractivity contribution in [3.05, 3.63) is 12.2 Å². The molecule has 48 valence electrons. The van der Waals surface area contributed by atoms with Gasteiger partial charge in [-0.05, 0) is 6.08 Å². The van der Waals surface area contributed by atoms with Crippen LogP contribution in [0.1, 0.15) is 0 Å². The largest absolute Gasteiger partial charge is 0.353 e. The second-order valence-corrected chi connectivity index (χ2v) is 2.15. The van der Waals surface area contributed by atoms with Crippen molar-refractivity contribution in [1.29, 1.82) is 0 Å². The predicted octanol–water partition coefficient (Wildman–Crippen LogP) is -0.259. The summed E-state index contributed by atoms with van der Waals surface area (Å²) in [6, 6.07) is 0. The average molecular weight is 125 g/mol. The van der Waals surface area contributed by atoms with Gasteiger partial charge in [0.1, 0.15) is 0 Å². The zero-order chi connectivity index (χ0) is 6.27. The van der Waals surface area contributed by atoms with Crippen LogP contribution in [0.15, 0.2) is 12.2 Å². The maximum Gasteiger partial charge on any atom is 0.248 e. The molecule has 1 fully saturated rings. The molecule has 1 saturated heterocycles. The Hall–Kier alpha value is -0.830. The first-order valence-electron chi connectivity index (χ1n) is 2.98. The summed E-state index contributed by atoms with van der Waals surface area (Å²) in [7, 11) is 0. The molecular weight excluding hydrogens is 118 g/mol. The Morgan fingerprint density at radius 2 is 2.67 bits per heavy atom. The SMILES string of the molecule is O=C1C=CC2OCCN12. The van der Waals surface area contributed by atoms with E-state index in [2.05, 4.69) is 0 Å². The monoisotopic (exact) mass is 125 g/mol. The van der Waals surface area contributed by atoms with Gasteiger partial charge in [0.05, 0.1) is 6.61 Å². The van der Waals surface area contributed by atoms with Crippen molar-refractivity contribution < 1.29 is 9.53 Å². The van der Waals surface area contributed by atoms with Crippen LogP contribution in [0, 0.1) is 0 Å². The first-order valence-corrected chi connectivity index (χ1v) is 2.98. The lowest BCUT2D eigenvalue weighted by Gasteiger charge is -2.11. The summed E-state index contributed by atoms with van der Waals surface area (Å²) in [4.78, 5) is 12.5. The van der Waals surface area contributed by atoms with E-state index < -0.39 is 0 Å². The summed E-state index contributed by atoms with van der Waals surface area (Å²) in [5.74, 6) is 0.0810. The molecule has 0 radical (unpaired) electrons. The van der Waals surface area contributed by atoms with Gasteiger partial charge in [0, 0.05) is 12.6 Å². The van der Waals surface area contributed by atoms with E-state index in [1.165, 1.54) is 0 Å². The molecule has 1 atom stereocenters. The fourth-order valence-corrected chi connectivity index (χ4v) is 1.14. The molecule has 2 rings (SSSR count). The summed E-state index contributed by atoms with van der Waals surface area (Å²) in [6.07, 6.45) is 3.30. The minimum Gasteiger partial charge on any atom is -0.353 e. The number of amides is 1. The van der Waals surface area contributed by atoms with E-state index in [1.807, 2.05) is 0 Å². The molecule has 0 N–H and O–H groups in total. The van der Waals surface area contributed by atoms with Crippen LogP contribution in [0.3, 0.4) is 0 Å². The molecule has 3 heteroatoms. The molecule has 0 aromatic rings. The molecule has 0 aromatic carbocycles. The summed E-state index contributed by atoms with van der Waals surface area (Å²) < 4.78 is 5.17. The van der Waals surface area contributed by atoms with Crippen molar-refractivity contribution in [3.63, 3.8) is 0 Å². The fourth-order valence-electron chi connectivity index (χ4n) is 1.14. The normalized spacial score (nSPS) is 31.8. The number of carbonyl (C=O) groups is 1. The molecule has 3 nitrogen and oxygen atoms in total. The number of rotatable bonds is 0. The highest BCUT2D eigenvalue weighted by Crippen LogP contribution is 2.16. The number of carbonyl (C=O) groups excluding carboxylic acids is 1. The third kappa shape index (κ3) is 0.580. The summed E-state index contributed by atoms with van der Waals surface area (Å²) in [5.41, 5.74) is 0. The molecular formula is C6H7NO2. The zero-order valence-electron chi connectivity index (χ0n) is 4.91. The van der Waals surface area contributed by atoms with E-state index in [0.29, 0.717) is 6.61 Å². The quantitative estimate of drug-likeness (QED) is 0.446. The van der Waals surface area contributed by atoms with Crippen molar-refractivity contribution in [3.8, 4) is 0 Å². The minimum atomic E-state index is -0.0440. The van der Waals surface area contributed by atoms with Gasteiger partial charge in [-0.25, -0.2) is 0 Å². The zero-order valence-corrected chi connectivity index (χ0v) is 4.91. The first-order chi connectivity index (χ1) is 4.38. The van der Waals surface area contributed by atoms with Gasteiger partial charge in [0.25, 0.3) is 0 Å². The molecule has 0 bridgehead atoms. The van der Waals surface area contributed by atoms with Gasteiger partial charge in [-0.3, -0.25) is 4.79 Å². The topological polar surface area (TPSA) is 29.5 Å². The smallest absolute Gasteiger partial charge is 0.248 e. The maximum absolute atomic E-state index is 10.8. The number of hydrogen-bond acceptors (Lipinski definition) is 2. The molecule has 9 heavy (non-hydrogen) atoms. The molecule has 0 aromatic heterocycles. The lowest BCUT2D eigenvalue weighted by atomic mass is 10.5. The number of nitrogens with zero attached hydrogens (tertiary/aromatic N) is 1. The van der Waals surface area contributed by atoms with Gasteiger partial charge in [-0.1, -0.05) is 0 Å². The van der Waals surface area contributed by atoms with Crippen LogP contribution in [0.25, 0.3) is 0 Å². The van der Waals surface area contributed by atoms with Crippen LogP contribution in [0.2, 0.25) is 0 Å². The van der Waals surface area contributed by atoms with Crippen LogP contribution in [-0.4, -0.2) is 30.2 Å². The Morgan fingerprint density at radius 1 is 1.78 bits per heavy atom. The van der Waals surface area contributed by atoms with Crippen LogP contribution >= 0.6 is 0 Å². The second kappa shape index (κ2) is 1.57. The molecule has 2 heterocycles. The van der Waals surface area contributed by atoms with Crippen molar-refractivity contribution in [2.75, 3.05) is 13.2 Å². The molecule has 0 saturated carbocycles. The molecule has 2 aliphatic heterocycles. The number of fused-ring (bicyclic) bond motifs is 1. The Morgan fingerprint density at radius 3 is 3.44 bits per heavy atom. The van der Waals surface area contributed by atoms with E-state index in [1.54, 1.807) is 17.1 Å². The minimum absolute atomic E-state index is 0.0440. The average Bonchev–Trinajstić information content (AvgIpc) is 2.35. The van der Waals surface area contributed by atoms with Gasteiger partial charge >= 0.3 is 0 Å². The molecule has 2 aliphatic rings. The van der Waals surface area contributed by atoms with E-state index in [4.69, 9.17) is 4.74 Å². The lowest BCUT2D eigenvalue weighted by molar-refractivity contribution is -0.126. The van der Waals surface area contributed by atoms with Gasteiger partial charge in [-0.2, -0.15) is 0 Å². The standard InChI is InChI=1S/C6H7NO2/c8-5-1-2-6-7(5)3-4-9-6/h1-2,6H,3-4H2. The Kier molecular flexibility index (Phi) is 0.873. The Balaban J connectivity index is 2.24. The summed E-state index contributed by atoms with van der Waals surface area (Å²) in [5, 5.41) is 0. The summed E-state index contributed by atoms with van der Waals surface area (Å²) in [6.45, 7) is 1.43. The van der Waals surface area contributed by atoms with Gasteiger partial charge in [0.2, 0.25) is 5.91 Å². The van der Waals surface area contributed by atoms with Crippen LogP contribution < -0.4 is 0 Å². The van der Waals surface area contributed by atoms with Crippen molar-refractivity contribution in [2.24, 2.45) is 0 Å². The molecule has 1 unspecified atom stereocenters. The fraction of sp³-hybridized carbons (Fsp3) is 0.500. The van der Waals surface area contributed by atoms with Crippen LogP contribution in [0.4, 0.5) is 0 Å². The van der Waals surface area contributed by atoms with E-state index in [9.17, 15) is 4.79 Å². The predicted molar refractivity (Wildman–Crippen MR) is 30.6 cm³/mol. The highest BCUT2D eigenvalue weighted by molar-refractivity contribution is 5.90. The number of hydrogen-bond donors (Lipinski definition) is 0.